The molecule has 0 spiro atoms. The van der Waals surface area contributed by atoms with Crippen molar-refractivity contribution < 1.29 is 4.39 Å². The highest BCUT2D eigenvalue weighted by atomic mass is 32.1. The minimum absolute atomic E-state index is 0.182. The second kappa shape index (κ2) is 8.22. The zero-order chi connectivity index (χ0) is 17.6. The van der Waals surface area contributed by atoms with Gasteiger partial charge in [-0.2, -0.15) is 0 Å². The van der Waals surface area contributed by atoms with Crippen molar-refractivity contribution in [3.05, 3.63) is 59.7 Å². The predicted molar refractivity (Wildman–Crippen MR) is 99.7 cm³/mol. The van der Waals surface area contributed by atoms with Gasteiger partial charge in [0.25, 0.3) is 0 Å². The zero-order valence-corrected chi connectivity index (χ0v) is 15.3. The average molecular weight is 359 g/mol. The maximum atomic E-state index is 13.7. The Labute approximate surface area is 151 Å². The molecule has 2 aromatic heterocycles. The van der Waals surface area contributed by atoms with Crippen LogP contribution in [0.1, 0.15) is 25.1 Å². The summed E-state index contributed by atoms with van der Waals surface area (Å²) in [5.74, 6) is -0.182. The quantitative estimate of drug-likeness (QED) is 0.667. The van der Waals surface area contributed by atoms with Crippen LogP contribution in [0.15, 0.2) is 42.6 Å². The van der Waals surface area contributed by atoms with Crippen LogP contribution >= 0.6 is 11.3 Å². The molecule has 132 valence electrons. The molecule has 0 aliphatic heterocycles. The molecule has 3 aromatic rings. The van der Waals surface area contributed by atoms with Gasteiger partial charge >= 0.3 is 0 Å². The van der Waals surface area contributed by atoms with Crippen molar-refractivity contribution in [2.45, 2.75) is 26.9 Å². The normalized spacial score (nSPS) is 11.0. The fourth-order valence-electron chi connectivity index (χ4n) is 2.64. The molecule has 0 saturated heterocycles. The highest BCUT2D eigenvalue weighted by Crippen LogP contribution is 2.24. The summed E-state index contributed by atoms with van der Waals surface area (Å²) in [5, 5.41) is 13.7. The van der Waals surface area contributed by atoms with Gasteiger partial charge in [0.05, 0.1) is 0 Å². The van der Waals surface area contributed by atoms with Crippen LogP contribution in [0, 0.1) is 5.82 Å². The molecular weight excluding hydrogens is 337 g/mol. The Morgan fingerprint density at radius 1 is 1.08 bits per heavy atom. The lowest BCUT2D eigenvalue weighted by atomic mass is 10.2. The van der Waals surface area contributed by atoms with Gasteiger partial charge < -0.3 is 10.2 Å². The van der Waals surface area contributed by atoms with Crippen LogP contribution in [0.3, 0.4) is 0 Å². The Morgan fingerprint density at radius 2 is 1.88 bits per heavy atom. The van der Waals surface area contributed by atoms with Gasteiger partial charge in [-0.15, -0.1) is 10.2 Å². The number of anilines is 1. The predicted octanol–water partition coefficient (Wildman–Crippen LogP) is 3.60. The van der Waals surface area contributed by atoms with Gasteiger partial charge in [-0.05, 0) is 32.0 Å². The van der Waals surface area contributed by atoms with Crippen LogP contribution in [-0.2, 0) is 13.1 Å². The first-order chi connectivity index (χ1) is 12.2. The molecule has 0 saturated carbocycles. The van der Waals surface area contributed by atoms with Crippen LogP contribution in [0.2, 0.25) is 0 Å². The Hall–Kier alpha value is -2.25. The van der Waals surface area contributed by atoms with Crippen molar-refractivity contribution in [1.82, 2.24) is 20.1 Å². The summed E-state index contributed by atoms with van der Waals surface area (Å²) in [6.07, 6.45) is 1.98. The number of nitrogens with zero attached hydrogens (tertiary/aromatic N) is 4. The van der Waals surface area contributed by atoms with Crippen LogP contribution in [0.25, 0.3) is 5.13 Å². The van der Waals surface area contributed by atoms with Gasteiger partial charge in [0.15, 0.2) is 0 Å². The maximum absolute atomic E-state index is 13.7. The highest BCUT2D eigenvalue weighted by Gasteiger charge is 2.12. The van der Waals surface area contributed by atoms with Crippen molar-refractivity contribution in [1.29, 1.82) is 0 Å². The molecule has 1 N–H and O–H groups in total. The van der Waals surface area contributed by atoms with E-state index in [0.29, 0.717) is 18.7 Å². The molecule has 1 aromatic carbocycles. The van der Waals surface area contributed by atoms with E-state index in [9.17, 15) is 4.39 Å². The fourth-order valence-corrected chi connectivity index (χ4v) is 3.63. The fraction of sp³-hybridized carbons (Fsp3) is 0.333. The molecule has 0 fully saturated rings. The second-order valence-corrected chi connectivity index (χ2v) is 6.54. The number of nitrogens with one attached hydrogen (secondary N) is 1. The van der Waals surface area contributed by atoms with E-state index in [-0.39, 0.29) is 5.82 Å². The number of aromatic nitrogens is 3. The molecule has 0 amide bonds. The van der Waals surface area contributed by atoms with Crippen molar-refractivity contribution >= 4 is 16.5 Å². The molecule has 5 nitrogen and oxygen atoms in total. The first-order valence-corrected chi connectivity index (χ1v) is 9.23. The number of halogens is 1. The summed E-state index contributed by atoms with van der Waals surface area (Å²) in [7, 11) is 0. The molecule has 3 rings (SSSR count). The van der Waals surface area contributed by atoms with E-state index in [4.69, 9.17) is 0 Å². The molecule has 2 heterocycles. The minimum Gasteiger partial charge on any atom is -0.347 e. The third kappa shape index (κ3) is 4.05. The largest absolute Gasteiger partial charge is 0.347 e. The molecule has 0 atom stereocenters. The molecule has 0 aliphatic rings. The van der Waals surface area contributed by atoms with Crippen LogP contribution in [-0.4, -0.2) is 27.9 Å². The van der Waals surface area contributed by atoms with E-state index in [1.165, 1.54) is 6.07 Å². The van der Waals surface area contributed by atoms with Gasteiger partial charge in [-0.25, -0.2) is 4.39 Å². The lowest BCUT2D eigenvalue weighted by molar-refractivity contribution is 0.584. The standard InChI is InChI=1S/C18H22FN5S/c1-3-23(4-2)17-21-22-18(25-17)24-11-7-9-15(24)13-20-12-14-8-5-6-10-16(14)19/h5-11,20H,3-4,12-13H2,1-2H3. The number of hydrogen-bond acceptors (Lipinski definition) is 5. The van der Waals surface area contributed by atoms with E-state index in [1.807, 2.05) is 29.0 Å². The van der Waals surface area contributed by atoms with Gasteiger partial charge in [0.1, 0.15) is 5.82 Å². The topological polar surface area (TPSA) is 46.0 Å². The first kappa shape index (κ1) is 17.6. The summed E-state index contributed by atoms with van der Waals surface area (Å²) in [4.78, 5) is 2.18. The van der Waals surface area contributed by atoms with Gasteiger partial charge in [0, 0.05) is 43.6 Å². The lowest BCUT2D eigenvalue weighted by Crippen LogP contribution is -2.21. The lowest BCUT2D eigenvalue weighted by Gasteiger charge is -2.15. The highest BCUT2D eigenvalue weighted by molar-refractivity contribution is 7.17. The van der Waals surface area contributed by atoms with Gasteiger partial charge in [-0.1, -0.05) is 29.5 Å². The molecule has 7 heteroatoms. The van der Waals surface area contributed by atoms with Crippen LogP contribution in [0.4, 0.5) is 9.52 Å². The van der Waals surface area contributed by atoms with Crippen molar-refractivity contribution in [3.63, 3.8) is 0 Å². The molecule has 0 aliphatic carbocycles. The summed E-state index contributed by atoms with van der Waals surface area (Å²) in [6, 6.07) is 10.8. The molecule has 25 heavy (non-hydrogen) atoms. The van der Waals surface area contributed by atoms with Crippen molar-refractivity contribution in [3.8, 4) is 5.13 Å². The zero-order valence-electron chi connectivity index (χ0n) is 14.4. The van der Waals surface area contributed by atoms with E-state index < -0.39 is 0 Å². The van der Waals surface area contributed by atoms with E-state index >= 15 is 0 Å². The van der Waals surface area contributed by atoms with Gasteiger partial charge in [-0.3, -0.25) is 4.57 Å². The number of rotatable bonds is 8. The van der Waals surface area contributed by atoms with E-state index in [1.54, 1.807) is 23.5 Å². The third-order valence-electron chi connectivity index (χ3n) is 4.06. The monoisotopic (exact) mass is 359 g/mol. The smallest absolute Gasteiger partial charge is 0.218 e. The number of hydrogen-bond donors (Lipinski definition) is 1. The molecule has 0 bridgehead atoms. The second-order valence-electron chi connectivity index (χ2n) is 5.60. The molecule has 0 radical (unpaired) electrons. The van der Waals surface area contributed by atoms with E-state index in [2.05, 4.69) is 34.3 Å². The molecule has 0 unspecified atom stereocenters. The Morgan fingerprint density at radius 3 is 2.64 bits per heavy atom. The summed E-state index contributed by atoms with van der Waals surface area (Å²) in [5.41, 5.74) is 1.74. The Balaban J connectivity index is 1.68. The van der Waals surface area contributed by atoms with Gasteiger partial charge in [0.2, 0.25) is 10.3 Å². The Kier molecular flexibility index (Phi) is 5.78. The van der Waals surface area contributed by atoms with Crippen LogP contribution < -0.4 is 10.2 Å². The summed E-state index contributed by atoms with van der Waals surface area (Å²) in [6.45, 7) is 7.15. The molecular formula is C18H22FN5S. The van der Waals surface area contributed by atoms with Crippen LogP contribution in [0.5, 0.6) is 0 Å². The third-order valence-corrected chi connectivity index (χ3v) is 5.04. The summed E-state index contributed by atoms with van der Waals surface area (Å²) >= 11 is 1.57. The Bertz CT molecular complexity index is 809. The maximum Gasteiger partial charge on any atom is 0.218 e. The van der Waals surface area contributed by atoms with Crippen molar-refractivity contribution in [2.75, 3.05) is 18.0 Å². The summed E-state index contributed by atoms with van der Waals surface area (Å²) < 4.78 is 15.7. The minimum atomic E-state index is -0.182. The van der Waals surface area contributed by atoms with Crippen molar-refractivity contribution in [2.24, 2.45) is 0 Å². The average Bonchev–Trinajstić information content (AvgIpc) is 3.27. The number of benzene rings is 1. The first-order valence-electron chi connectivity index (χ1n) is 8.42. The van der Waals surface area contributed by atoms with E-state index in [0.717, 1.165) is 29.0 Å². The SMILES string of the molecule is CCN(CC)c1nnc(-n2cccc2CNCc2ccccc2F)s1.